The minimum Gasteiger partial charge on any atom is -0.443 e. The van der Waals surface area contributed by atoms with E-state index in [0.717, 1.165) is 46.5 Å². The van der Waals surface area contributed by atoms with Gasteiger partial charge in [-0.2, -0.15) is 5.21 Å². The van der Waals surface area contributed by atoms with E-state index in [1.165, 1.54) is 12.1 Å². The lowest BCUT2D eigenvalue weighted by molar-refractivity contribution is -0.763. The summed E-state index contributed by atoms with van der Waals surface area (Å²) in [5.74, 6) is 0.621. The fraction of sp³-hybridized carbons (Fsp3) is 0.231. The summed E-state index contributed by atoms with van der Waals surface area (Å²) in [6.07, 6.45) is 1.74. The molecule has 1 amide bonds. The van der Waals surface area contributed by atoms with Gasteiger partial charge in [0.2, 0.25) is 5.82 Å². The van der Waals surface area contributed by atoms with E-state index in [2.05, 4.69) is 42.7 Å². The lowest BCUT2D eigenvalue weighted by Gasteiger charge is -2.18. The first-order valence-corrected chi connectivity index (χ1v) is 17.9. The van der Waals surface area contributed by atoms with Gasteiger partial charge in [0.25, 0.3) is 5.09 Å². The van der Waals surface area contributed by atoms with Gasteiger partial charge in [-0.3, -0.25) is 0 Å². The number of hydrogen-bond acceptors (Lipinski definition) is 11. The molecule has 1 unspecified atom stereocenters. The van der Waals surface area contributed by atoms with Crippen LogP contribution >= 0.6 is 11.6 Å². The average molecular weight is 765 g/mol. The number of tetrazole rings is 1. The molecule has 0 fully saturated rings. The average Bonchev–Trinajstić information content (AvgIpc) is 3.84. The van der Waals surface area contributed by atoms with Gasteiger partial charge < -0.3 is 24.2 Å². The summed E-state index contributed by atoms with van der Waals surface area (Å²) in [7, 11) is 0. The van der Waals surface area contributed by atoms with Crippen molar-refractivity contribution in [3.05, 3.63) is 147 Å². The first kappa shape index (κ1) is 38.1. The number of nitrogens with zero attached hydrogens (tertiary/aromatic N) is 6. The molecule has 2 heterocycles. The van der Waals surface area contributed by atoms with E-state index in [1.54, 1.807) is 12.1 Å². The molecule has 0 aliphatic heterocycles. The number of aryl methyl sites for hydroxylation is 1. The molecule has 0 saturated carbocycles. The summed E-state index contributed by atoms with van der Waals surface area (Å²) in [5.41, 5.74) is 5.43. The number of hydrogen-bond donors (Lipinski definition) is 2. The number of aromatic nitrogens is 6. The molecule has 0 aliphatic carbocycles. The van der Waals surface area contributed by atoms with Crippen LogP contribution in [0, 0.1) is 10.1 Å². The third-order valence-corrected chi connectivity index (χ3v) is 8.93. The summed E-state index contributed by atoms with van der Waals surface area (Å²) in [4.78, 5) is 46.4. The van der Waals surface area contributed by atoms with Gasteiger partial charge in [0.1, 0.15) is 30.8 Å². The molecule has 0 saturated heterocycles. The molecule has 4 aromatic carbocycles. The summed E-state index contributed by atoms with van der Waals surface area (Å²) in [5, 5.41) is 27.1. The van der Waals surface area contributed by atoms with Crippen LogP contribution in [0.2, 0.25) is 5.15 Å². The van der Waals surface area contributed by atoms with Crippen LogP contribution in [0.25, 0.3) is 22.5 Å². The Bertz CT molecular complexity index is 2210. The molecule has 6 aromatic rings. The molecule has 6 rings (SSSR count). The zero-order valence-electron chi connectivity index (χ0n) is 29.8. The van der Waals surface area contributed by atoms with E-state index in [1.807, 2.05) is 83.4 Å². The highest BCUT2D eigenvalue weighted by Crippen LogP contribution is 2.30. The van der Waals surface area contributed by atoms with Gasteiger partial charge in [-0.1, -0.05) is 116 Å². The molecular weight excluding hydrogens is 728 g/mol. The topological polar surface area (TPSA) is 189 Å². The summed E-state index contributed by atoms with van der Waals surface area (Å²) in [6.45, 7) is 1.97. The van der Waals surface area contributed by atoms with Crippen molar-refractivity contribution in [2.45, 2.75) is 58.4 Å². The number of rotatable bonds is 17. The monoisotopic (exact) mass is 764 g/mol. The smallest absolute Gasteiger partial charge is 0.408 e. The molecule has 15 nitrogen and oxygen atoms in total. The van der Waals surface area contributed by atoms with Crippen LogP contribution in [0.5, 0.6) is 5.75 Å². The molecule has 2 aromatic heterocycles. The lowest BCUT2D eigenvalue weighted by Crippen LogP contribution is -2.44. The Hall–Kier alpha value is -6.61. The van der Waals surface area contributed by atoms with Gasteiger partial charge >= 0.3 is 12.1 Å². The van der Waals surface area contributed by atoms with Crippen LogP contribution in [0.3, 0.4) is 0 Å². The number of alkyl carbamates (subject to hydrolysis) is 1. The molecule has 1 atom stereocenters. The van der Waals surface area contributed by atoms with Gasteiger partial charge in [-0.05, 0) is 51.6 Å². The minimum absolute atomic E-state index is 0.105. The third-order valence-electron chi connectivity index (χ3n) is 8.63. The first-order valence-electron chi connectivity index (χ1n) is 17.5. The van der Waals surface area contributed by atoms with E-state index in [-0.39, 0.29) is 30.5 Å². The number of amides is 1. The van der Waals surface area contributed by atoms with E-state index in [0.29, 0.717) is 30.0 Å². The number of unbranched alkanes of at least 4 members (excludes halogenated alkanes) is 1. The van der Waals surface area contributed by atoms with E-state index in [4.69, 9.17) is 21.1 Å². The van der Waals surface area contributed by atoms with Crippen molar-refractivity contribution in [2.75, 3.05) is 0 Å². The molecule has 0 aliphatic rings. The largest absolute Gasteiger partial charge is 0.443 e. The Morgan fingerprint density at radius 3 is 2.40 bits per heavy atom. The van der Waals surface area contributed by atoms with Crippen molar-refractivity contribution in [1.29, 1.82) is 0 Å². The second-order valence-corrected chi connectivity index (χ2v) is 12.8. The SMILES string of the molecule is CCCCc1nc(Cl)c(COC(=O)NC(Cc2ccccc2)C(=O)Oc2cccc(CO[N+](=O)[O-])c2)n1Cc1ccc(-c2ccccc2-c2nn[nH]n2)cc1. The van der Waals surface area contributed by atoms with Crippen LogP contribution in [0.1, 0.15) is 48.0 Å². The molecule has 0 spiro atoms. The number of halogens is 1. The summed E-state index contributed by atoms with van der Waals surface area (Å²) >= 11 is 6.67. The number of esters is 1. The maximum atomic E-state index is 13.4. The van der Waals surface area contributed by atoms with Crippen molar-refractivity contribution in [2.24, 2.45) is 0 Å². The van der Waals surface area contributed by atoms with Crippen LogP contribution in [0.15, 0.2) is 103 Å². The predicted octanol–water partition coefficient (Wildman–Crippen LogP) is 6.93. The first-order chi connectivity index (χ1) is 26.8. The fourth-order valence-electron chi connectivity index (χ4n) is 5.91. The molecule has 282 valence electrons. The van der Waals surface area contributed by atoms with Gasteiger partial charge in [0.05, 0.1) is 5.69 Å². The van der Waals surface area contributed by atoms with Gasteiger partial charge in [0, 0.05) is 24.9 Å². The van der Waals surface area contributed by atoms with Crippen molar-refractivity contribution in [3.63, 3.8) is 0 Å². The molecular formula is C39H37ClN8O7. The maximum Gasteiger partial charge on any atom is 0.408 e. The molecule has 2 N–H and O–H groups in total. The van der Waals surface area contributed by atoms with Gasteiger partial charge in [0.15, 0.2) is 5.15 Å². The Morgan fingerprint density at radius 2 is 1.67 bits per heavy atom. The van der Waals surface area contributed by atoms with Crippen molar-refractivity contribution in [3.8, 4) is 28.3 Å². The maximum absolute atomic E-state index is 13.4. The van der Waals surface area contributed by atoms with Crippen LogP contribution < -0.4 is 10.1 Å². The highest BCUT2D eigenvalue weighted by molar-refractivity contribution is 6.30. The number of nitrogens with one attached hydrogen (secondary N) is 2. The van der Waals surface area contributed by atoms with E-state index < -0.39 is 23.2 Å². The normalized spacial score (nSPS) is 11.5. The standard InChI is InChI=1S/C39H37ClN8O7/c1-2-3-16-35-42-36(40)34(47(35)23-27-17-19-29(20-18-27)31-14-7-8-15-32(31)37-43-45-46-44-37)25-53-39(50)41-33(22-26-10-5-4-6-11-26)38(49)55-30-13-9-12-28(21-30)24-54-48(51)52/h4-15,17-21,33H,2-3,16,22-25H2,1H3,(H,41,50)(H,43,44,45,46). The number of H-pyrrole nitrogens is 1. The zero-order chi connectivity index (χ0) is 38.6. The Balaban J connectivity index is 1.17. The third kappa shape index (κ3) is 10.3. The highest BCUT2D eigenvalue weighted by atomic mass is 35.5. The fourth-order valence-corrected chi connectivity index (χ4v) is 6.16. The number of carbonyl (C=O) groups is 2. The van der Waals surface area contributed by atoms with Crippen LogP contribution in [0.4, 0.5) is 4.79 Å². The van der Waals surface area contributed by atoms with E-state index in [9.17, 15) is 19.7 Å². The van der Waals surface area contributed by atoms with E-state index >= 15 is 0 Å². The molecule has 55 heavy (non-hydrogen) atoms. The Kier molecular flexibility index (Phi) is 12.8. The Morgan fingerprint density at radius 1 is 0.927 bits per heavy atom. The summed E-state index contributed by atoms with van der Waals surface area (Å²) < 4.78 is 13.2. The van der Waals surface area contributed by atoms with Crippen molar-refractivity contribution >= 4 is 23.7 Å². The van der Waals surface area contributed by atoms with Gasteiger partial charge in [-0.15, -0.1) is 20.3 Å². The second kappa shape index (κ2) is 18.4. The van der Waals surface area contributed by atoms with Crippen molar-refractivity contribution < 1.29 is 29.0 Å². The number of carbonyl (C=O) groups excluding carboxylic acids is 2. The molecule has 16 heteroatoms. The number of imidazole rings is 1. The molecule has 0 radical (unpaired) electrons. The Labute approximate surface area is 320 Å². The van der Waals surface area contributed by atoms with Crippen molar-refractivity contribution in [1.82, 2.24) is 35.5 Å². The quantitative estimate of drug-likeness (QED) is 0.0424. The number of benzene rings is 4. The van der Waals surface area contributed by atoms with Crippen LogP contribution in [-0.2, 0) is 47.0 Å². The summed E-state index contributed by atoms with van der Waals surface area (Å²) in [6, 6.07) is 30.0. The van der Waals surface area contributed by atoms with Gasteiger partial charge in [-0.25, -0.2) is 14.6 Å². The predicted molar refractivity (Wildman–Crippen MR) is 201 cm³/mol. The number of ether oxygens (including phenoxy) is 2. The minimum atomic E-state index is -1.14. The highest BCUT2D eigenvalue weighted by Gasteiger charge is 2.26. The van der Waals surface area contributed by atoms with Crippen LogP contribution in [-0.4, -0.2) is 53.4 Å². The number of aromatic amines is 1. The zero-order valence-corrected chi connectivity index (χ0v) is 30.5. The molecule has 0 bridgehead atoms. The second-order valence-electron chi connectivity index (χ2n) is 12.5. The lowest BCUT2D eigenvalue weighted by atomic mass is 9.98.